The average molecular weight is 258 g/mol. The highest BCUT2D eigenvalue weighted by Gasteiger charge is 2.18. The molecular formula is C13H10N2O4. The van der Waals surface area contributed by atoms with Gasteiger partial charge in [-0.1, -0.05) is 23.4 Å². The van der Waals surface area contributed by atoms with Gasteiger partial charge in [0.1, 0.15) is 18.8 Å². The maximum absolute atomic E-state index is 10.6. The summed E-state index contributed by atoms with van der Waals surface area (Å²) in [7, 11) is 0. The molecule has 1 aliphatic heterocycles. The number of rotatable bonds is 3. The SMILES string of the molecule is O=C(O)Cc1nc(C2=Cc3ccccc3OC2)no1. The van der Waals surface area contributed by atoms with E-state index in [-0.39, 0.29) is 12.3 Å². The lowest BCUT2D eigenvalue weighted by atomic mass is 10.1. The minimum atomic E-state index is -1.01. The molecule has 0 spiro atoms. The summed E-state index contributed by atoms with van der Waals surface area (Å²) in [5, 5.41) is 12.4. The summed E-state index contributed by atoms with van der Waals surface area (Å²) in [6.07, 6.45) is 1.63. The molecule has 1 aliphatic rings. The van der Waals surface area contributed by atoms with E-state index in [9.17, 15) is 4.79 Å². The Bertz CT molecular complexity index is 660. The van der Waals surface area contributed by atoms with Crippen molar-refractivity contribution in [1.29, 1.82) is 0 Å². The molecule has 0 saturated heterocycles. The number of hydrogen-bond acceptors (Lipinski definition) is 5. The largest absolute Gasteiger partial charge is 0.488 e. The predicted octanol–water partition coefficient (Wildman–Crippen LogP) is 1.63. The number of aliphatic carboxylic acids is 1. The summed E-state index contributed by atoms with van der Waals surface area (Å²) in [5.41, 5.74) is 1.70. The number of benzene rings is 1. The van der Waals surface area contributed by atoms with Crippen molar-refractivity contribution in [2.75, 3.05) is 6.61 Å². The number of carbonyl (C=O) groups is 1. The van der Waals surface area contributed by atoms with E-state index in [0.717, 1.165) is 16.9 Å². The normalized spacial score (nSPS) is 13.4. The predicted molar refractivity (Wildman–Crippen MR) is 65.4 cm³/mol. The minimum absolute atomic E-state index is 0.0854. The highest BCUT2D eigenvalue weighted by molar-refractivity contribution is 5.83. The fraction of sp³-hybridized carbons (Fsp3) is 0.154. The molecule has 0 amide bonds. The van der Waals surface area contributed by atoms with Crippen LogP contribution < -0.4 is 4.74 Å². The monoisotopic (exact) mass is 258 g/mol. The number of fused-ring (bicyclic) bond motifs is 1. The Kier molecular flexibility index (Phi) is 2.75. The molecule has 0 atom stereocenters. The van der Waals surface area contributed by atoms with Crippen LogP contribution in [0.3, 0.4) is 0 Å². The molecule has 0 unspecified atom stereocenters. The molecule has 2 heterocycles. The molecule has 96 valence electrons. The zero-order chi connectivity index (χ0) is 13.2. The molecule has 3 rings (SSSR count). The Hall–Kier alpha value is -2.63. The van der Waals surface area contributed by atoms with Crippen LogP contribution in [0, 0.1) is 0 Å². The van der Waals surface area contributed by atoms with Crippen molar-refractivity contribution in [3.05, 3.63) is 41.5 Å². The smallest absolute Gasteiger partial charge is 0.312 e. The van der Waals surface area contributed by atoms with Crippen LogP contribution in [0.4, 0.5) is 0 Å². The van der Waals surface area contributed by atoms with Crippen molar-refractivity contribution in [2.45, 2.75) is 6.42 Å². The average Bonchev–Trinajstić information content (AvgIpc) is 2.86. The van der Waals surface area contributed by atoms with Crippen molar-refractivity contribution in [2.24, 2.45) is 0 Å². The van der Waals surface area contributed by atoms with Crippen LogP contribution in [0.2, 0.25) is 0 Å². The third kappa shape index (κ3) is 2.33. The van der Waals surface area contributed by atoms with Crippen LogP contribution in [-0.2, 0) is 11.2 Å². The number of carboxylic acids is 1. The third-order valence-electron chi connectivity index (χ3n) is 2.69. The molecule has 1 aromatic carbocycles. The van der Waals surface area contributed by atoms with Gasteiger partial charge in [0.2, 0.25) is 11.7 Å². The molecule has 1 N–H and O–H groups in total. The van der Waals surface area contributed by atoms with Gasteiger partial charge in [0.15, 0.2) is 0 Å². The van der Waals surface area contributed by atoms with Crippen molar-refractivity contribution in [3.8, 4) is 5.75 Å². The van der Waals surface area contributed by atoms with E-state index in [4.69, 9.17) is 14.4 Å². The fourth-order valence-electron chi connectivity index (χ4n) is 1.83. The summed E-state index contributed by atoms with van der Waals surface area (Å²) >= 11 is 0. The first kappa shape index (κ1) is 11.5. The standard InChI is InChI=1S/C13H10N2O4/c16-12(17)6-11-14-13(15-19-11)9-5-8-3-1-2-4-10(8)18-7-9/h1-5H,6-7H2,(H,16,17). The van der Waals surface area contributed by atoms with Gasteiger partial charge in [0.25, 0.3) is 0 Å². The number of nitrogens with zero attached hydrogens (tertiary/aromatic N) is 2. The molecular weight excluding hydrogens is 248 g/mol. The van der Waals surface area contributed by atoms with E-state index in [0.29, 0.717) is 12.4 Å². The van der Waals surface area contributed by atoms with Crippen LogP contribution in [0.25, 0.3) is 11.6 Å². The number of carboxylic acid groups (broad SMARTS) is 1. The lowest BCUT2D eigenvalue weighted by Gasteiger charge is -2.15. The number of ether oxygens (including phenoxy) is 1. The van der Waals surface area contributed by atoms with Gasteiger partial charge in [-0.2, -0.15) is 4.98 Å². The molecule has 0 radical (unpaired) electrons. The van der Waals surface area contributed by atoms with Crippen LogP contribution in [-0.4, -0.2) is 27.8 Å². The van der Waals surface area contributed by atoms with E-state index >= 15 is 0 Å². The van der Waals surface area contributed by atoms with E-state index in [1.54, 1.807) is 0 Å². The number of aromatic nitrogens is 2. The van der Waals surface area contributed by atoms with Gasteiger partial charge in [0, 0.05) is 11.1 Å². The van der Waals surface area contributed by atoms with Crippen LogP contribution in [0.1, 0.15) is 17.3 Å². The Balaban J connectivity index is 1.89. The Labute approximate surface area is 108 Å². The van der Waals surface area contributed by atoms with Gasteiger partial charge in [-0.15, -0.1) is 0 Å². The fourth-order valence-corrected chi connectivity index (χ4v) is 1.83. The van der Waals surface area contributed by atoms with Crippen molar-refractivity contribution < 1.29 is 19.2 Å². The van der Waals surface area contributed by atoms with E-state index < -0.39 is 5.97 Å². The second-order valence-corrected chi connectivity index (χ2v) is 4.08. The lowest BCUT2D eigenvalue weighted by molar-refractivity contribution is -0.136. The number of hydrogen-bond donors (Lipinski definition) is 1. The van der Waals surface area contributed by atoms with Crippen molar-refractivity contribution in [1.82, 2.24) is 10.1 Å². The molecule has 6 nitrogen and oxygen atoms in total. The molecule has 0 bridgehead atoms. The van der Waals surface area contributed by atoms with Crippen LogP contribution in [0.15, 0.2) is 28.8 Å². The second-order valence-electron chi connectivity index (χ2n) is 4.08. The van der Waals surface area contributed by atoms with Gasteiger partial charge in [-0.25, -0.2) is 0 Å². The summed E-state index contributed by atoms with van der Waals surface area (Å²) in [4.78, 5) is 14.6. The van der Waals surface area contributed by atoms with Gasteiger partial charge in [-0.3, -0.25) is 4.79 Å². The zero-order valence-corrected chi connectivity index (χ0v) is 9.87. The Morgan fingerprint density at radius 2 is 2.21 bits per heavy atom. The first-order chi connectivity index (χ1) is 9.22. The summed E-state index contributed by atoms with van der Waals surface area (Å²) in [5.74, 6) is 0.253. The molecule has 19 heavy (non-hydrogen) atoms. The third-order valence-corrected chi connectivity index (χ3v) is 2.69. The Morgan fingerprint density at radius 3 is 3.05 bits per heavy atom. The first-order valence-electron chi connectivity index (χ1n) is 5.69. The summed E-state index contributed by atoms with van der Waals surface area (Å²) < 4.78 is 10.5. The molecule has 2 aromatic rings. The van der Waals surface area contributed by atoms with Gasteiger partial charge in [0.05, 0.1) is 0 Å². The first-order valence-corrected chi connectivity index (χ1v) is 5.69. The number of para-hydroxylation sites is 1. The molecule has 0 fully saturated rings. The quantitative estimate of drug-likeness (QED) is 0.900. The molecule has 1 aromatic heterocycles. The zero-order valence-electron chi connectivity index (χ0n) is 9.87. The van der Waals surface area contributed by atoms with Crippen molar-refractivity contribution >= 4 is 17.6 Å². The minimum Gasteiger partial charge on any atom is -0.488 e. The maximum Gasteiger partial charge on any atom is 0.312 e. The highest BCUT2D eigenvalue weighted by atomic mass is 16.5. The lowest BCUT2D eigenvalue weighted by Crippen LogP contribution is -2.07. The Morgan fingerprint density at radius 1 is 1.37 bits per heavy atom. The molecule has 0 aliphatic carbocycles. The molecule has 0 saturated carbocycles. The summed E-state index contributed by atoms with van der Waals surface area (Å²) in [6, 6.07) is 7.62. The topological polar surface area (TPSA) is 85.5 Å². The van der Waals surface area contributed by atoms with Gasteiger partial charge in [-0.05, 0) is 12.1 Å². The summed E-state index contributed by atoms with van der Waals surface area (Å²) in [6.45, 7) is 0.336. The van der Waals surface area contributed by atoms with E-state index in [1.807, 2.05) is 30.3 Å². The van der Waals surface area contributed by atoms with Gasteiger partial charge >= 0.3 is 5.97 Å². The van der Waals surface area contributed by atoms with E-state index in [2.05, 4.69) is 10.1 Å². The maximum atomic E-state index is 10.6. The molecule has 6 heteroatoms. The second kappa shape index (κ2) is 4.56. The van der Waals surface area contributed by atoms with Crippen molar-refractivity contribution in [3.63, 3.8) is 0 Å². The van der Waals surface area contributed by atoms with Crippen LogP contribution in [0.5, 0.6) is 5.75 Å². The van der Waals surface area contributed by atoms with Crippen LogP contribution >= 0.6 is 0 Å². The van der Waals surface area contributed by atoms with E-state index in [1.165, 1.54) is 0 Å². The van der Waals surface area contributed by atoms with Gasteiger partial charge < -0.3 is 14.4 Å². The highest BCUT2D eigenvalue weighted by Crippen LogP contribution is 2.28.